The Balaban J connectivity index is 1.63. The number of nitrogens with one attached hydrogen (secondary N) is 1. The fourth-order valence-electron chi connectivity index (χ4n) is 6.37. The second-order valence-corrected chi connectivity index (χ2v) is 10.1. The lowest BCUT2D eigenvalue weighted by molar-refractivity contribution is -0.139. The third-order valence-corrected chi connectivity index (χ3v) is 7.86. The van der Waals surface area contributed by atoms with Gasteiger partial charge >= 0.3 is 0 Å². The maximum Gasteiger partial charge on any atom is 0.222 e. The van der Waals surface area contributed by atoms with E-state index in [-0.39, 0.29) is 41.4 Å². The Kier molecular flexibility index (Phi) is 5.41. The van der Waals surface area contributed by atoms with Crippen LogP contribution in [0.2, 0.25) is 0 Å². The summed E-state index contributed by atoms with van der Waals surface area (Å²) in [7, 11) is 0. The minimum Gasteiger partial charge on any atom is -0.491 e. The number of ether oxygens (including phenoxy) is 2. The van der Waals surface area contributed by atoms with E-state index < -0.39 is 0 Å². The molecule has 0 radical (unpaired) electrons. The quantitative estimate of drug-likeness (QED) is 0.762. The number of carbonyl (C=O) groups excluding carboxylic acids is 1. The molecular formula is C24H35NO4. The molecule has 1 unspecified atom stereocenters. The van der Waals surface area contributed by atoms with Gasteiger partial charge in [-0.1, -0.05) is 39.8 Å². The van der Waals surface area contributed by atoms with Crippen molar-refractivity contribution in [3.63, 3.8) is 0 Å². The van der Waals surface area contributed by atoms with Crippen molar-refractivity contribution in [1.82, 2.24) is 5.32 Å². The summed E-state index contributed by atoms with van der Waals surface area (Å²) in [6, 6.07) is 8.29. The van der Waals surface area contributed by atoms with Crippen LogP contribution < -0.4 is 10.1 Å². The van der Waals surface area contributed by atoms with E-state index in [1.165, 1.54) is 6.42 Å². The summed E-state index contributed by atoms with van der Waals surface area (Å²) < 4.78 is 12.0. The molecule has 1 spiro atoms. The average molecular weight is 402 g/mol. The first-order valence-corrected chi connectivity index (χ1v) is 11.0. The Morgan fingerprint density at radius 2 is 2.17 bits per heavy atom. The summed E-state index contributed by atoms with van der Waals surface area (Å²) in [5.74, 6) is 1.93. The second-order valence-electron chi connectivity index (χ2n) is 10.1. The smallest absolute Gasteiger partial charge is 0.222 e. The van der Waals surface area contributed by atoms with E-state index in [4.69, 9.17) is 14.6 Å². The molecule has 5 atom stereocenters. The lowest BCUT2D eigenvalue weighted by Gasteiger charge is -2.53. The van der Waals surface area contributed by atoms with E-state index in [1.54, 1.807) is 0 Å². The molecule has 3 aliphatic rings. The standard InChI is InChI=1S/C24H35NO4/c1-15(2)21(27)25-22-23(3,4)17-13-19-20(29-10-8-24(19,22)14-17)16-6-5-7-18(12-16)28-11-9-26/h5-7,12,15,17,19-20,22,26H,8-11,13-14H2,1-4H3,(H,25,27)/t17-,19-,20-,22-,24?/m1/s1. The maximum absolute atomic E-state index is 12.7. The number of hydrogen-bond donors (Lipinski definition) is 2. The van der Waals surface area contributed by atoms with Gasteiger partial charge in [-0.2, -0.15) is 0 Å². The lowest BCUT2D eigenvalue weighted by Crippen LogP contribution is -2.59. The topological polar surface area (TPSA) is 67.8 Å². The molecule has 2 N–H and O–H groups in total. The van der Waals surface area contributed by atoms with Gasteiger partial charge in [-0.15, -0.1) is 0 Å². The van der Waals surface area contributed by atoms with Crippen LogP contribution in [-0.2, 0) is 9.53 Å². The molecule has 2 saturated carbocycles. The predicted octanol–water partition coefficient (Wildman–Crippen LogP) is 3.71. The molecule has 0 aromatic heterocycles. The van der Waals surface area contributed by atoms with Crippen molar-refractivity contribution in [2.24, 2.45) is 28.6 Å². The summed E-state index contributed by atoms with van der Waals surface area (Å²) in [6.45, 7) is 9.62. The molecule has 1 aromatic rings. The van der Waals surface area contributed by atoms with E-state index in [2.05, 4.69) is 31.3 Å². The Bertz CT molecular complexity index is 761. The highest BCUT2D eigenvalue weighted by Gasteiger charge is 2.68. The van der Waals surface area contributed by atoms with Crippen LogP contribution >= 0.6 is 0 Å². The molecule has 2 aliphatic carbocycles. The summed E-state index contributed by atoms with van der Waals surface area (Å²) in [4.78, 5) is 12.7. The Labute approximate surface area is 174 Å². The van der Waals surface area contributed by atoms with Gasteiger partial charge in [-0.05, 0) is 59.6 Å². The predicted molar refractivity (Wildman–Crippen MR) is 112 cm³/mol. The largest absolute Gasteiger partial charge is 0.491 e. The first-order chi connectivity index (χ1) is 13.8. The van der Waals surface area contributed by atoms with E-state index >= 15 is 0 Å². The molecule has 5 nitrogen and oxygen atoms in total. The summed E-state index contributed by atoms with van der Waals surface area (Å²) in [5, 5.41) is 12.5. The maximum atomic E-state index is 12.7. The van der Waals surface area contributed by atoms with Crippen LogP contribution in [0.15, 0.2) is 24.3 Å². The SMILES string of the molecule is CC(C)C(=O)N[C@@H]1C(C)(C)[C@@H]2C[C@@H]3[C@@H](c4cccc(OCCO)c4)OCCC31C2. The monoisotopic (exact) mass is 401 g/mol. The minimum atomic E-state index is -0.00392. The van der Waals surface area contributed by atoms with Crippen molar-refractivity contribution in [3.05, 3.63) is 29.8 Å². The fourth-order valence-corrected chi connectivity index (χ4v) is 6.37. The number of fused-ring (bicyclic) bond motifs is 1. The Morgan fingerprint density at radius 3 is 2.90 bits per heavy atom. The highest BCUT2D eigenvalue weighted by molar-refractivity contribution is 5.78. The number of benzene rings is 1. The molecule has 1 aliphatic heterocycles. The number of hydrogen-bond acceptors (Lipinski definition) is 4. The molecular weight excluding hydrogens is 366 g/mol. The van der Waals surface area contributed by atoms with Gasteiger partial charge in [0, 0.05) is 18.6 Å². The molecule has 1 saturated heterocycles. The van der Waals surface area contributed by atoms with Gasteiger partial charge in [0.25, 0.3) is 0 Å². The van der Waals surface area contributed by atoms with Crippen molar-refractivity contribution in [2.75, 3.05) is 19.8 Å². The first kappa shape index (κ1) is 20.7. The van der Waals surface area contributed by atoms with Gasteiger partial charge in [-0.25, -0.2) is 0 Å². The van der Waals surface area contributed by atoms with Crippen LogP contribution in [0.1, 0.15) is 58.6 Å². The molecule has 2 bridgehead atoms. The Morgan fingerprint density at radius 1 is 1.38 bits per heavy atom. The highest BCUT2D eigenvalue weighted by atomic mass is 16.5. The molecule has 1 aromatic carbocycles. The normalized spacial score (nSPS) is 34.8. The average Bonchev–Trinajstić information content (AvgIpc) is 3.18. The van der Waals surface area contributed by atoms with Gasteiger partial charge in [0.1, 0.15) is 12.4 Å². The van der Waals surface area contributed by atoms with Crippen LogP contribution in [0.5, 0.6) is 5.75 Å². The van der Waals surface area contributed by atoms with Crippen LogP contribution in [0.3, 0.4) is 0 Å². The van der Waals surface area contributed by atoms with Crippen LogP contribution in [0.4, 0.5) is 0 Å². The molecule has 1 amide bonds. The van der Waals surface area contributed by atoms with Gasteiger partial charge in [0.05, 0.1) is 12.7 Å². The molecule has 29 heavy (non-hydrogen) atoms. The number of amides is 1. The lowest BCUT2D eigenvalue weighted by atomic mass is 9.58. The molecule has 4 rings (SSSR count). The number of aliphatic hydroxyl groups is 1. The van der Waals surface area contributed by atoms with Crippen molar-refractivity contribution in [1.29, 1.82) is 0 Å². The molecule has 3 fully saturated rings. The van der Waals surface area contributed by atoms with E-state index in [0.29, 0.717) is 18.4 Å². The number of rotatable bonds is 6. The summed E-state index contributed by atoms with van der Waals surface area (Å²) in [5.41, 5.74) is 1.35. The van der Waals surface area contributed by atoms with Gasteiger partial charge in [0.2, 0.25) is 5.91 Å². The van der Waals surface area contributed by atoms with Crippen molar-refractivity contribution < 1.29 is 19.4 Å². The second kappa shape index (κ2) is 7.59. The molecule has 1 heterocycles. The van der Waals surface area contributed by atoms with Crippen molar-refractivity contribution in [3.8, 4) is 5.75 Å². The number of aliphatic hydroxyl groups excluding tert-OH is 1. The zero-order chi connectivity index (χ0) is 20.8. The van der Waals surface area contributed by atoms with Crippen molar-refractivity contribution in [2.45, 2.75) is 59.1 Å². The van der Waals surface area contributed by atoms with Crippen molar-refractivity contribution >= 4 is 5.91 Å². The molecule has 160 valence electrons. The van der Waals surface area contributed by atoms with E-state index in [0.717, 1.165) is 30.8 Å². The zero-order valence-corrected chi connectivity index (χ0v) is 18.1. The van der Waals surface area contributed by atoms with Crippen LogP contribution in [0.25, 0.3) is 0 Å². The van der Waals surface area contributed by atoms with Crippen LogP contribution in [-0.4, -0.2) is 36.9 Å². The van der Waals surface area contributed by atoms with E-state index in [1.807, 2.05) is 26.0 Å². The fraction of sp³-hybridized carbons (Fsp3) is 0.708. The third-order valence-electron chi connectivity index (χ3n) is 7.86. The van der Waals surface area contributed by atoms with Gasteiger partial charge < -0.3 is 19.9 Å². The van der Waals surface area contributed by atoms with Gasteiger partial charge in [0.15, 0.2) is 0 Å². The van der Waals surface area contributed by atoms with Crippen LogP contribution in [0, 0.1) is 28.6 Å². The zero-order valence-electron chi connectivity index (χ0n) is 18.1. The number of carbonyl (C=O) groups is 1. The Hall–Kier alpha value is -1.59. The summed E-state index contributed by atoms with van der Waals surface area (Å²) >= 11 is 0. The highest BCUT2D eigenvalue weighted by Crippen LogP contribution is 2.70. The third kappa shape index (κ3) is 3.36. The van der Waals surface area contributed by atoms with Gasteiger partial charge in [-0.3, -0.25) is 4.79 Å². The minimum absolute atomic E-state index is 0.00385. The summed E-state index contributed by atoms with van der Waals surface area (Å²) in [6.07, 6.45) is 3.36. The molecule has 5 heteroatoms. The first-order valence-electron chi connectivity index (χ1n) is 11.0. The van der Waals surface area contributed by atoms with E-state index in [9.17, 15) is 4.79 Å².